The summed E-state index contributed by atoms with van der Waals surface area (Å²) in [5.74, 6) is 0.357. The Morgan fingerprint density at radius 1 is 1.31 bits per heavy atom. The first-order chi connectivity index (χ1) is 12.0. The van der Waals surface area contributed by atoms with Crippen LogP contribution in [0.3, 0.4) is 0 Å². The zero-order chi connectivity index (χ0) is 19.1. The minimum atomic E-state index is -4.48. The molecule has 2 aliphatic rings. The molecule has 1 aromatic rings. The lowest BCUT2D eigenvalue weighted by atomic mass is 9.81. The van der Waals surface area contributed by atoms with Crippen LogP contribution in [-0.2, 0) is 10.9 Å². The number of amides is 1. The normalized spacial score (nSPS) is 23.3. The Hall–Kier alpha value is -1.93. The molecule has 0 radical (unpaired) electrons. The molecule has 26 heavy (non-hydrogen) atoms. The van der Waals surface area contributed by atoms with Crippen molar-refractivity contribution in [2.45, 2.75) is 70.3 Å². The van der Waals surface area contributed by atoms with Crippen molar-refractivity contribution in [1.82, 2.24) is 15.1 Å². The first-order valence-corrected chi connectivity index (χ1v) is 8.80. The first-order valence-electron chi connectivity index (χ1n) is 8.80. The van der Waals surface area contributed by atoms with Gasteiger partial charge in [-0.2, -0.15) is 18.3 Å². The highest BCUT2D eigenvalue weighted by Crippen LogP contribution is 2.40. The number of carbonyl (C=O) groups is 1. The number of halogens is 3. The SMILES string of the molecule is CC(C)(C)OC(=O)NC1CC(COc2cc(C(F)(F)F)nn2C2CC2)C1. The van der Waals surface area contributed by atoms with Gasteiger partial charge in [-0.15, -0.1) is 0 Å². The molecule has 6 nitrogen and oxygen atoms in total. The molecular formula is C17H24F3N3O3. The van der Waals surface area contributed by atoms with Gasteiger partial charge in [-0.05, 0) is 52.4 Å². The number of carbonyl (C=O) groups excluding carboxylic acids is 1. The van der Waals surface area contributed by atoms with Crippen LogP contribution in [0, 0.1) is 5.92 Å². The quantitative estimate of drug-likeness (QED) is 0.847. The summed E-state index contributed by atoms with van der Waals surface area (Å²) in [5.41, 5.74) is -1.47. The Labute approximate surface area is 150 Å². The summed E-state index contributed by atoms with van der Waals surface area (Å²) in [6, 6.07) is 0.981. The van der Waals surface area contributed by atoms with Crippen molar-refractivity contribution in [2.24, 2.45) is 5.92 Å². The second kappa shape index (κ2) is 6.66. The standard InChI is InChI=1S/C17H24F3N3O3/c1-16(2,3)26-15(24)21-11-6-10(7-11)9-25-14-8-13(17(18,19)20)22-23(14)12-4-5-12/h8,10-12H,4-7,9H2,1-3H3,(H,21,24). The van der Waals surface area contributed by atoms with E-state index in [1.165, 1.54) is 4.68 Å². The number of alkyl halides is 3. The maximum absolute atomic E-state index is 12.8. The van der Waals surface area contributed by atoms with E-state index >= 15 is 0 Å². The summed E-state index contributed by atoms with van der Waals surface area (Å²) in [5, 5.41) is 6.43. The van der Waals surface area contributed by atoms with Gasteiger partial charge in [0.05, 0.1) is 12.6 Å². The van der Waals surface area contributed by atoms with Gasteiger partial charge in [-0.25, -0.2) is 9.48 Å². The fourth-order valence-electron chi connectivity index (χ4n) is 2.87. The minimum Gasteiger partial charge on any atom is -0.478 e. The Kier molecular flexibility index (Phi) is 4.83. The van der Waals surface area contributed by atoms with Crippen molar-refractivity contribution < 1.29 is 27.4 Å². The first kappa shape index (κ1) is 18.8. The molecule has 2 aliphatic carbocycles. The summed E-state index contributed by atoms with van der Waals surface area (Å²) in [6.07, 6.45) is -1.87. The Balaban J connectivity index is 1.46. The molecule has 3 rings (SSSR count). The van der Waals surface area contributed by atoms with E-state index in [1.807, 2.05) is 0 Å². The number of rotatable bonds is 5. The fraction of sp³-hybridized carbons (Fsp3) is 0.765. The molecule has 1 N–H and O–H groups in total. The van der Waals surface area contributed by atoms with Crippen molar-refractivity contribution in [2.75, 3.05) is 6.61 Å². The predicted octanol–water partition coefficient (Wildman–Crippen LogP) is 3.92. The van der Waals surface area contributed by atoms with Gasteiger partial charge in [-0.3, -0.25) is 0 Å². The van der Waals surface area contributed by atoms with Crippen LogP contribution in [-0.4, -0.2) is 34.1 Å². The van der Waals surface area contributed by atoms with Gasteiger partial charge in [0.1, 0.15) is 5.60 Å². The van der Waals surface area contributed by atoms with Crippen molar-refractivity contribution in [3.63, 3.8) is 0 Å². The van der Waals surface area contributed by atoms with Crippen molar-refractivity contribution >= 4 is 6.09 Å². The van der Waals surface area contributed by atoms with Crippen LogP contribution in [0.25, 0.3) is 0 Å². The number of nitrogens with one attached hydrogen (secondary N) is 1. The van der Waals surface area contributed by atoms with Crippen molar-refractivity contribution in [3.05, 3.63) is 11.8 Å². The molecule has 0 spiro atoms. The highest BCUT2D eigenvalue weighted by Gasteiger charge is 2.38. The highest BCUT2D eigenvalue weighted by molar-refractivity contribution is 5.68. The molecule has 0 aromatic carbocycles. The Morgan fingerprint density at radius 3 is 2.50 bits per heavy atom. The molecule has 1 heterocycles. The molecule has 2 saturated carbocycles. The smallest absolute Gasteiger partial charge is 0.435 e. The third-order valence-electron chi connectivity index (χ3n) is 4.31. The van der Waals surface area contributed by atoms with Gasteiger partial charge in [0.25, 0.3) is 0 Å². The maximum Gasteiger partial charge on any atom is 0.435 e. The second-order valence-corrected chi connectivity index (χ2v) is 8.03. The number of hydrogen-bond donors (Lipinski definition) is 1. The van der Waals surface area contributed by atoms with E-state index in [1.54, 1.807) is 20.8 Å². The Bertz CT molecular complexity index is 656. The molecular weight excluding hydrogens is 351 g/mol. The van der Waals surface area contributed by atoms with E-state index in [9.17, 15) is 18.0 Å². The van der Waals surface area contributed by atoms with E-state index < -0.39 is 23.6 Å². The van der Waals surface area contributed by atoms with Crippen LogP contribution < -0.4 is 10.1 Å². The van der Waals surface area contributed by atoms with Crippen LogP contribution in [0.2, 0.25) is 0 Å². The fourth-order valence-corrected chi connectivity index (χ4v) is 2.87. The number of ether oxygens (including phenoxy) is 2. The van der Waals surface area contributed by atoms with Crippen LogP contribution >= 0.6 is 0 Å². The van der Waals surface area contributed by atoms with Gasteiger partial charge in [0.15, 0.2) is 5.69 Å². The lowest BCUT2D eigenvalue weighted by molar-refractivity contribution is -0.141. The summed E-state index contributed by atoms with van der Waals surface area (Å²) in [7, 11) is 0. The third-order valence-corrected chi connectivity index (χ3v) is 4.31. The van der Waals surface area contributed by atoms with Gasteiger partial charge >= 0.3 is 12.3 Å². The molecule has 146 valence electrons. The van der Waals surface area contributed by atoms with Crippen LogP contribution in [0.1, 0.15) is 58.2 Å². The number of nitrogens with zero attached hydrogens (tertiary/aromatic N) is 2. The lowest BCUT2D eigenvalue weighted by Crippen LogP contribution is -2.47. The minimum absolute atomic E-state index is 0.00377. The lowest BCUT2D eigenvalue weighted by Gasteiger charge is -2.35. The number of aromatic nitrogens is 2. The molecule has 0 aliphatic heterocycles. The maximum atomic E-state index is 12.8. The third kappa shape index (κ3) is 4.82. The molecule has 2 fully saturated rings. The van der Waals surface area contributed by atoms with Crippen molar-refractivity contribution in [1.29, 1.82) is 0 Å². The van der Waals surface area contributed by atoms with E-state index in [0.717, 1.165) is 18.9 Å². The molecule has 0 atom stereocenters. The molecule has 1 aromatic heterocycles. The largest absolute Gasteiger partial charge is 0.478 e. The summed E-state index contributed by atoms with van der Waals surface area (Å²) < 4.78 is 50.7. The molecule has 0 unspecified atom stereocenters. The molecule has 0 saturated heterocycles. The monoisotopic (exact) mass is 375 g/mol. The molecule has 1 amide bonds. The second-order valence-electron chi connectivity index (χ2n) is 8.03. The van der Waals surface area contributed by atoms with E-state index in [4.69, 9.17) is 9.47 Å². The number of alkyl carbamates (subject to hydrolysis) is 1. The Morgan fingerprint density at radius 2 is 1.96 bits per heavy atom. The zero-order valence-electron chi connectivity index (χ0n) is 15.1. The highest BCUT2D eigenvalue weighted by atomic mass is 19.4. The van der Waals surface area contributed by atoms with E-state index in [0.29, 0.717) is 19.4 Å². The predicted molar refractivity (Wildman–Crippen MR) is 86.9 cm³/mol. The molecule has 0 bridgehead atoms. The van der Waals surface area contributed by atoms with Crippen LogP contribution in [0.5, 0.6) is 5.88 Å². The summed E-state index contributed by atoms with van der Waals surface area (Å²) in [6.45, 7) is 5.69. The average Bonchev–Trinajstić information content (AvgIpc) is 3.18. The summed E-state index contributed by atoms with van der Waals surface area (Å²) in [4.78, 5) is 11.7. The molecule has 9 heteroatoms. The van der Waals surface area contributed by atoms with Gasteiger partial charge in [0.2, 0.25) is 5.88 Å². The van der Waals surface area contributed by atoms with E-state index in [2.05, 4.69) is 10.4 Å². The topological polar surface area (TPSA) is 65.4 Å². The average molecular weight is 375 g/mol. The van der Waals surface area contributed by atoms with Crippen molar-refractivity contribution in [3.8, 4) is 5.88 Å². The summed E-state index contributed by atoms with van der Waals surface area (Å²) >= 11 is 0. The van der Waals surface area contributed by atoms with E-state index in [-0.39, 0.29) is 23.9 Å². The number of hydrogen-bond acceptors (Lipinski definition) is 4. The van der Waals surface area contributed by atoms with Gasteiger partial charge < -0.3 is 14.8 Å². The van der Waals surface area contributed by atoms with Crippen LogP contribution in [0.4, 0.5) is 18.0 Å². The van der Waals surface area contributed by atoms with Gasteiger partial charge in [0, 0.05) is 12.1 Å². The zero-order valence-corrected chi connectivity index (χ0v) is 15.1. The van der Waals surface area contributed by atoms with Crippen LogP contribution in [0.15, 0.2) is 6.07 Å². The van der Waals surface area contributed by atoms with Gasteiger partial charge in [-0.1, -0.05) is 0 Å².